The molecule has 2 fully saturated rings. The molecule has 1 aromatic carbocycles. The van der Waals surface area contributed by atoms with Crippen LogP contribution in [0.25, 0.3) is 0 Å². The zero-order chi connectivity index (χ0) is 18.0. The SMILES string of the molecule is O=C1C[C@@]2(CCN(Cc3cnc(NCc4ccccc4)nc3)C2)C(=O)N1. The number of nitrogens with one attached hydrogen (secondary N) is 2. The Morgan fingerprint density at radius 3 is 2.58 bits per heavy atom. The van der Waals surface area contributed by atoms with Gasteiger partial charge in [-0.3, -0.25) is 19.8 Å². The van der Waals surface area contributed by atoms with Gasteiger partial charge >= 0.3 is 0 Å². The molecule has 7 nitrogen and oxygen atoms in total. The average Bonchev–Trinajstić information content (AvgIpc) is 3.17. The Balaban J connectivity index is 1.32. The summed E-state index contributed by atoms with van der Waals surface area (Å²) in [5.74, 6) is 0.312. The van der Waals surface area contributed by atoms with E-state index in [0.717, 1.165) is 18.5 Å². The number of carbonyl (C=O) groups excluding carboxylic acids is 2. The van der Waals surface area contributed by atoms with Crippen molar-refractivity contribution in [2.75, 3.05) is 18.4 Å². The van der Waals surface area contributed by atoms with E-state index in [1.165, 1.54) is 5.56 Å². The van der Waals surface area contributed by atoms with E-state index in [2.05, 4.69) is 37.6 Å². The van der Waals surface area contributed by atoms with E-state index in [0.29, 0.717) is 32.0 Å². The minimum Gasteiger partial charge on any atom is -0.350 e. The van der Waals surface area contributed by atoms with E-state index in [1.54, 1.807) is 0 Å². The molecule has 7 heteroatoms. The second-order valence-corrected chi connectivity index (χ2v) is 7.05. The fourth-order valence-electron chi connectivity index (χ4n) is 3.68. The molecule has 2 aliphatic heterocycles. The van der Waals surface area contributed by atoms with Gasteiger partial charge in [0.15, 0.2) is 0 Å². The minimum absolute atomic E-state index is 0.123. The van der Waals surface area contributed by atoms with E-state index < -0.39 is 5.41 Å². The van der Waals surface area contributed by atoms with Gasteiger partial charge in [0.2, 0.25) is 17.8 Å². The normalized spacial score (nSPS) is 22.8. The van der Waals surface area contributed by atoms with Gasteiger partial charge in [0, 0.05) is 44.0 Å². The van der Waals surface area contributed by atoms with Crippen molar-refractivity contribution in [3.8, 4) is 0 Å². The third-order valence-electron chi connectivity index (χ3n) is 5.07. The molecule has 0 bridgehead atoms. The molecule has 4 rings (SSSR count). The summed E-state index contributed by atoms with van der Waals surface area (Å²) in [6.07, 6.45) is 4.65. The Bertz CT molecular complexity index is 808. The number of hydrogen-bond acceptors (Lipinski definition) is 6. The molecule has 1 aromatic heterocycles. The van der Waals surface area contributed by atoms with E-state index >= 15 is 0 Å². The van der Waals surface area contributed by atoms with Gasteiger partial charge in [0.05, 0.1) is 5.41 Å². The predicted molar refractivity (Wildman–Crippen MR) is 95.9 cm³/mol. The highest BCUT2D eigenvalue weighted by molar-refractivity contribution is 6.06. The average molecular weight is 351 g/mol. The number of benzene rings is 1. The molecule has 0 radical (unpaired) electrons. The van der Waals surface area contributed by atoms with Crippen LogP contribution in [0.2, 0.25) is 0 Å². The monoisotopic (exact) mass is 351 g/mol. The standard InChI is InChI=1S/C19H21N5O2/c25-16-8-19(17(26)23-16)6-7-24(13-19)12-15-10-21-18(22-11-15)20-9-14-4-2-1-3-5-14/h1-5,10-11H,6-9,12-13H2,(H,20,21,22)(H,23,25,26)/t19-/m1/s1. The highest BCUT2D eigenvalue weighted by Gasteiger charge is 2.50. The Morgan fingerprint density at radius 1 is 1.12 bits per heavy atom. The maximum atomic E-state index is 12.0. The topological polar surface area (TPSA) is 87.2 Å². The fourth-order valence-corrected chi connectivity index (χ4v) is 3.68. The van der Waals surface area contributed by atoms with Crippen molar-refractivity contribution < 1.29 is 9.59 Å². The lowest BCUT2D eigenvalue weighted by molar-refractivity contribution is -0.128. The molecule has 3 heterocycles. The summed E-state index contributed by atoms with van der Waals surface area (Å²) in [4.78, 5) is 34.5. The molecule has 2 N–H and O–H groups in total. The lowest BCUT2D eigenvalue weighted by Gasteiger charge is -2.20. The van der Waals surface area contributed by atoms with E-state index in [9.17, 15) is 9.59 Å². The van der Waals surface area contributed by atoms with E-state index in [1.807, 2.05) is 30.6 Å². The van der Waals surface area contributed by atoms with E-state index in [4.69, 9.17) is 0 Å². The molecule has 2 saturated heterocycles. The Kier molecular flexibility index (Phi) is 4.38. The zero-order valence-corrected chi connectivity index (χ0v) is 14.4. The maximum Gasteiger partial charge on any atom is 0.234 e. The first-order valence-electron chi connectivity index (χ1n) is 8.78. The van der Waals surface area contributed by atoms with Gasteiger partial charge in [-0.05, 0) is 18.5 Å². The number of amides is 2. The lowest BCUT2D eigenvalue weighted by atomic mass is 9.85. The third-order valence-corrected chi connectivity index (χ3v) is 5.07. The summed E-state index contributed by atoms with van der Waals surface area (Å²) in [6.45, 7) is 2.77. The summed E-state index contributed by atoms with van der Waals surface area (Å²) >= 11 is 0. The molecule has 0 saturated carbocycles. The van der Waals surface area contributed by atoms with Crippen molar-refractivity contribution in [2.24, 2.45) is 5.41 Å². The molecule has 134 valence electrons. The van der Waals surface area contributed by atoms with Crippen LogP contribution in [0.5, 0.6) is 0 Å². The second kappa shape index (κ2) is 6.84. The van der Waals surface area contributed by atoms with E-state index in [-0.39, 0.29) is 11.8 Å². The number of likely N-dealkylation sites (tertiary alicyclic amines) is 1. The van der Waals surface area contributed by atoms with Crippen molar-refractivity contribution in [1.82, 2.24) is 20.2 Å². The molecular weight excluding hydrogens is 330 g/mol. The highest BCUT2D eigenvalue weighted by atomic mass is 16.2. The summed E-state index contributed by atoms with van der Waals surface area (Å²) in [6, 6.07) is 10.1. The molecule has 1 spiro atoms. The Labute approximate surface area is 151 Å². The predicted octanol–water partition coefficient (Wildman–Crippen LogP) is 1.33. The number of anilines is 1. The molecule has 0 aliphatic carbocycles. The van der Waals surface area contributed by atoms with Gasteiger partial charge in [0.25, 0.3) is 0 Å². The number of imide groups is 1. The van der Waals surface area contributed by atoms with Crippen LogP contribution in [0.15, 0.2) is 42.7 Å². The quantitative estimate of drug-likeness (QED) is 0.790. The first kappa shape index (κ1) is 16.7. The Morgan fingerprint density at radius 2 is 1.88 bits per heavy atom. The molecular formula is C19H21N5O2. The number of nitrogens with zero attached hydrogens (tertiary/aromatic N) is 3. The van der Waals surface area contributed by atoms with Gasteiger partial charge in [-0.1, -0.05) is 30.3 Å². The fraction of sp³-hybridized carbons (Fsp3) is 0.368. The van der Waals surface area contributed by atoms with Crippen molar-refractivity contribution >= 4 is 17.8 Å². The van der Waals surface area contributed by atoms with Gasteiger partial charge in [-0.2, -0.15) is 0 Å². The minimum atomic E-state index is -0.533. The zero-order valence-electron chi connectivity index (χ0n) is 14.4. The first-order valence-corrected chi connectivity index (χ1v) is 8.78. The molecule has 26 heavy (non-hydrogen) atoms. The third kappa shape index (κ3) is 3.43. The van der Waals surface area contributed by atoms with Gasteiger partial charge in [0.1, 0.15) is 0 Å². The number of hydrogen-bond donors (Lipinski definition) is 2. The second-order valence-electron chi connectivity index (χ2n) is 7.05. The molecule has 2 amide bonds. The van der Waals surface area contributed by atoms with Crippen LogP contribution in [0.4, 0.5) is 5.95 Å². The molecule has 0 unspecified atom stereocenters. The van der Waals surface area contributed by atoms with Crippen LogP contribution in [0.3, 0.4) is 0 Å². The lowest BCUT2D eigenvalue weighted by Crippen LogP contribution is -2.34. The van der Waals surface area contributed by atoms with Gasteiger partial charge in [-0.15, -0.1) is 0 Å². The highest BCUT2D eigenvalue weighted by Crippen LogP contribution is 2.38. The smallest absolute Gasteiger partial charge is 0.234 e. The molecule has 2 aromatic rings. The summed E-state index contributed by atoms with van der Waals surface area (Å²) < 4.78 is 0. The van der Waals surface area contributed by atoms with Crippen molar-refractivity contribution in [3.05, 3.63) is 53.9 Å². The number of carbonyl (C=O) groups is 2. The summed E-state index contributed by atoms with van der Waals surface area (Å²) in [7, 11) is 0. The van der Waals surface area contributed by atoms with Crippen molar-refractivity contribution in [1.29, 1.82) is 0 Å². The van der Waals surface area contributed by atoms with Crippen LogP contribution < -0.4 is 10.6 Å². The molecule has 2 aliphatic rings. The van der Waals surface area contributed by atoms with Crippen LogP contribution in [-0.2, 0) is 22.7 Å². The Hall–Kier alpha value is -2.80. The van der Waals surface area contributed by atoms with Gasteiger partial charge < -0.3 is 5.32 Å². The van der Waals surface area contributed by atoms with Gasteiger partial charge in [-0.25, -0.2) is 9.97 Å². The van der Waals surface area contributed by atoms with Crippen LogP contribution >= 0.6 is 0 Å². The van der Waals surface area contributed by atoms with Crippen LogP contribution in [-0.4, -0.2) is 39.8 Å². The summed E-state index contributed by atoms with van der Waals surface area (Å²) in [5, 5.41) is 5.64. The van der Waals surface area contributed by atoms with Crippen LogP contribution in [0.1, 0.15) is 24.0 Å². The van der Waals surface area contributed by atoms with Crippen LogP contribution in [0, 0.1) is 5.41 Å². The maximum absolute atomic E-state index is 12.0. The number of rotatable bonds is 5. The summed E-state index contributed by atoms with van der Waals surface area (Å²) in [5.41, 5.74) is 1.64. The van der Waals surface area contributed by atoms with Crippen molar-refractivity contribution in [3.63, 3.8) is 0 Å². The first-order chi connectivity index (χ1) is 12.6. The number of aromatic nitrogens is 2. The largest absolute Gasteiger partial charge is 0.350 e. The van der Waals surface area contributed by atoms with Crippen molar-refractivity contribution in [2.45, 2.75) is 25.9 Å². The molecule has 1 atom stereocenters.